The van der Waals surface area contributed by atoms with Gasteiger partial charge in [0.25, 0.3) is 0 Å². The SMILES string of the molecule is CCc1cc(-c2ccc(OC[C@@](C)(N)CC(C)C)c(C(F)(F)F)c2)ncn1. The maximum atomic E-state index is 13.6. The fourth-order valence-corrected chi connectivity index (χ4v) is 3.02. The molecule has 27 heavy (non-hydrogen) atoms. The van der Waals surface area contributed by atoms with Gasteiger partial charge in [0, 0.05) is 16.8 Å². The third-order valence-corrected chi connectivity index (χ3v) is 4.10. The minimum absolute atomic E-state index is 0.00109. The van der Waals surface area contributed by atoms with Crippen LogP contribution in [0, 0.1) is 5.92 Å². The smallest absolute Gasteiger partial charge is 0.419 e. The molecule has 1 atom stereocenters. The molecule has 0 radical (unpaired) electrons. The molecule has 2 aromatic rings. The summed E-state index contributed by atoms with van der Waals surface area (Å²) in [7, 11) is 0. The van der Waals surface area contributed by atoms with Gasteiger partial charge in [0.1, 0.15) is 18.7 Å². The summed E-state index contributed by atoms with van der Waals surface area (Å²) in [6.07, 6.45) is -1.87. The summed E-state index contributed by atoms with van der Waals surface area (Å²) in [6.45, 7) is 7.72. The number of aryl methyl sites for hydroxylation is 1. The van der Waals surface area contributed by atoms with Gasteiger partial charge in [-0.3, -0.25) is 0 Å². The molecule has 1 heterocycles. The highest BCUT2D eigenvalue weighted by Gasteiger charge is 2.35. The largest absolute Gasteiger partial charge is 0.491 e. The quantitative estimate of drug-likeness (QED) is 0.743. The molecule has 148 valence electrons. The molecular formula is C20H26F3N3O. The van der Waals surface area contributed by atoms with E-state index in [0.717, 1.165) is 11.8 Å². The van der Waals surface area contributed by atoms with Gasteiger partial charge in [0.2, 0.25) is 0 Å². The Bertz CT molecular complexity index is 773. The van der Waals surface area contributed by atoms with Crippen LogP contribution in [0.4, 0.5) is 13.2 Å². The second-order valence-electron chi connectivity index (χ2n) is 7.50. The minimum Gasteiger partial charge on any atom is -0.491 e. The molecule has 0 saturated carbocycles. The van der Waals surface area contributed by atoms with Crippen LogP contribution in [0.5, 0.6) is 5.75 Å². The van der Waals surface area contributed by atoms with E-state index in [4.69, 9.17) is 10.5 Å². The fourth-order valence-electron chi connectivity index (χ4n) is 3.02. The van der Waals surface area contributed by atoms with Crippen LogP contribution >= 0.6 is 0 Å². The van der Waals surface area contributed by atoms with Crippen molar-refractivity contribution in [2.75, 3.05) is 6.61 Å². The van der Waals surface area contributed by atoms with Gasteiger partial charge in [-0.1, -0.05) is 20.8 Å². The van der Waals surface area contributed by atoms with Gasteiger partial charge in [-0.05, 0) is 49.9 Å². The van der Waals surface area contributed by atoms with Crippen molar-refractivity contribution in [3.05, 3.63) is 41.9 Å². The van der Waals surface area contributed by atoms with Crippen molar-refractivity contribution in [2.24, 2.45) is 11.7 Å². The second kappa shape index (κ2) is 8.25. The van der Waals surface area contributed by atoms with E-state index >= 15 is 0 Å². The van der Waals surface area contributed by atoms with Gasteiger partial charge in [-0.2, -0.15) is 13.2 Å². The van der Waals surface area contributed by atoms with E-state index in [9.17, 15) is 13.2 Å². The number of alkyl halides is 3. The van der Waals surface area contributed by atoms with Crippen molar-refractivity contribution in [3.63, 3.8) is 0 Å². The third-order valence-electron chi connectivity index (χ3n) is 4.10. The van der Waals surface area contributed by atoms with E-state index in [-0.39, 0.29) is 12.4 Å². The Morgan fingerprint density at radius 1 is 1.15 bits per heavy atom. The molecule has 2 rings (SSSR count). The first-order valence-corrected chi connectivity index (χ1v) is 8.96. The normalized spacial score (nSPS) is 14.3. The van der Waals surface area contributed by atoms with Crippen LogP contribution in [-0.4, -0.2) is 22.1 Å². The molecule has 0 aliphatic carbocycles. The lowest BCUT2D eigenvalue weighted by Gasteiger charge is -2.27. The lowest BCUT2D eigenvalue weighted by atomic mass is 9.93. The van der Waals surface area contributed by atoms with Gasteiger partial charge in [0.05, 0.1) is 11.3 Å². The lowest BCUT2D eigenvalue weighted by molar-refractivity contribution is -0.139. The number of rotatable bonds is 7. The van der Waals surface area contributed by atoms with E-state index in [0.29, 0.717) is 30.0 Å². The number of ether oxygens (including phenoxy) is 1. The van der Waals surface area contributed by atoms with Crippen molar-refractivity contribution in [2.45, 2.75) is 52.3 Å². The van der Waals surface area contributed by atoms with Crippen LogP contribution in [0.2, 0.25) is 0 Å². The predicted octanol–water partition coefficient (Wildman–Crippen LogP) is 4.87. The van der Waals surface area contributed by atoms with Crippen LogP contribution in [0.3, 0.4) is 0 Å². The van der Waals surface area contributed by atoms with Crippen LogP contribution in [0.25, 0.3) is 11.3 Å². The highest BCUT2D eigenvalue weighted by atomic mass is 19.4. The van der Waals surface area contributed by atoms with E-state index in [1.165, 1.54) is 12.4 Å². The van der Waals surface area contributed by atoms with Crippen molar-refractivity contribution in [3.8, 4) is 17.0 Å². The Kier molecular flexibility index (Phi) is 6.46. The van der Waals surface area contributed by atoms with Gasteiger partial charge in [0.15, 0.2) is 0 Å². The molecule has 1 aromatic heterocycles. The van der Waals surface area contributed by atoms with Crippen molar-refractivity contribution < 1.29 is 17.9 Å². The van der Waals surface area contributed by atoms with Crippen LogP contribution in [0.1, 0.15) is 45.4 Å². The van der Waals surface area contributed by atoms with Crippen molar-refractivity contribution in [1.82, 2.24) is 9.97 Å². The topological polar surface area (TPSA) is 61.0 Å². The van der Waals surface area contributed by atoms with Crippen molar-refractivity contribution >= 4 is 0 Å². The number of nitrogens with zero attached hydrogens (tertiary/aromatic N) is 2. The molecule has 0 bridgehead atoms. The second-order valence-corrected chi connectivity index (χ2v) is 7.50. The van der Waals surface area contributed by atoms with E-state index in [1.54, 1.807) is 19.1 Å². The summed E-state index contributed by atoms with van der Waals surface area (Å²) < 4.78 is 46.2. The van der Waals surface area contributed by atoms with Gasteiger partial charge >= 0.3 is 6.18 Å². The maximum absolute atomic E-state index is 13.6. The summed E-state index contributed by atoms with van der Waals surface area (Å²) in [5, 5.41) is 0. The molecule has 0 saturated heterocycles. The molecule has 0 unspecified atom stereocenters. The Morgan fingerprint density at radius 2 is 1.85 bits per heavy atom. The minimum atomic E-state index is -4.55. The fraction of sp³-hybridized carbons (Fsp3) is 0.500. The average molecular weight is 381 g/mol. The van der Waals surface area contributed by atoms with Crippen LogP contribution in [0.15, 0.2) is 30.6 Å². The lowest BCUT2D eigenvalue weighted by Crippen LogP contribution is -2.43. The number of aromatic nitrogens is 2. The predicted molar refractivity (Wildman–Crippen MR) is 99.4 cm³/mol. The maximum Gasteiger partial charge on any atom is 0.419 e. The van der Waals surface area contributed by atoms with E-state index in [1.807, 2.05) is 20.8 Å². The van der Waals surface area contributed by atoms with E-state index in [2.05, 4.69) is 9.97 Å². The Morgan fingerprint density at radius 3 is 2.44 bits per heavy atom. The molecule has 0 fully saturated rings. The molecule has 0 spiro atoms. The van der Waals surface area contributed by atoms with E-state index < -0.39 is 17.3 Å². The molecule has 0 aliphatic rings. The summed E-state index contributed by atoms with van der Waals surface area (Å²) in [5.74, 6) is 0.0926. The molecule has 7 heteroatoms. The molecule has 1 aromatic carbocycles. The number of halogens is 3. The molecule has 4 nitrogen and oxygen atoms in total. The van der Waals surface area contributed by atoms with Gasteiger partial charge < -0.3 is 10.5 Å². The summed E-state index contributed by atoms with van der Waals surface area (Å²) in [6, 6.07) is 5.66. The zero-order valence-electron chi connectivity index (χ0n) is 16.1. The number of nitrogens with two attached hydrogens (primary N) is 1. The van der Waals surface area contributed by atoms with Crippen LogP contribution in [-0.2, 0) is 12.6 Å². The first-order chi connectivity index (χ1) is 12.5. The highest BCUT2D eigenvalue weighted by Crippen LogP contribution is 2.39. The van der Waals surface area contributed by atoms with Crippen molar-refractivity contribution in [1.29, 1.82) is 0 Å². The standard InChI is InChI=1S/C20H26F3N3O/c1-5-15-9-17(26-12-25-15)14-6-7-18(16(8-14)20(21,22)23)27-11-19(4,24)10-13(2)3/h6-9,12-13H,5,10-11,24H2,1-4H3/t19-/m0/s1. The first kappa shape index (κ1) is 21.2. The number of benzene rings is 1. The average Bonchev–Trinajstić information content (AvgIpc) is 2.58. The zero-order valence-corrected chi connectivity index (χ0v) is 16.1. The summed E-state index contributed by atoms with van der Waals surface area (Å²) in [5.41, 5.74) is 6.19. The third kappa shape index (κ3) is 5.92. The summed E-state index contributed by atoms with van der Waals surface area (Å²) >= 11 is 0. The van der Waals surface area contributed by atoms with Gasteiger partial charge in [-0.15, -0.1) is 0 Å². The monoisotopic (exact) mass is 381 g/mol. The molecule has 0 aliphatic heterocycles. The Labute approximate surface area is 158 Å². The molecule has 0 amide bonds. The number of hydrogen-bond acceptors (Lipinski definition) is 4. The number of hydrogen-bond donors (Lipinski definition) is 1. The van der Waals surface area contributed by atoms with Gasteiger partial charge in [-0.25, -0.2) is 9.97 Å². The summed E-state index contributed by atoms with van der Waals surface area (Å²) in [4.78, 5) is 8.17. The highest BCUT2D eigenvalue weighted by molar-refractivity contribution is 5.62. The Hall–Kier alpha value is -2.15. The Balaban J connectivity index is 2.33. The molecular weight excluding hydrogens is 355 g/mol. The first-order valence-electron chi connectivity index (χ1n) is 8.96. The zero-order chi connectivity index (χ0) is 20.2. The molecule has 2 N–H and O–H groups in total. The van der Waals surface area contributed by atoms with Crippen LogP contribution < -0.4 is 10.5 Å².